The number of ether oxygens (including phenoxy) is 2. The monoisotopic (exact) mass is 262 g/mol. The third kappa shape index (κ3) is 7.29. The first-order valence-electron chi connectivity index (χ1n) is 6.76. The van der Waals surface area contributed by atoms with Gasteiger partial charge in [-0.1, -0.05) is 30.7 Å². The number of hydrogen-bond acceptors (Lipinski definition) is 3. The van der Waals surface area contributed by atoms with E-state index < -0.39 is 6.16 Å². The van der Waals surface area contributed by atoms with E-state index in [9.17, 15) is 4.79 Å². The third-order valence-corrected chi connectivity index (χ3v) is 2.76. The van der Waals surface area contributed by atoms with Crippen molar-refractivity contribution in [2.24, 2.45) is 0 Å². The van der Waals surface area contributed by atoms with E-state index in [2.05, 4.69) is 6.58 Å². The van der Waals surface area contributed by atoms with Crippen molar-refractivity contribution in [1.82, 2.24) is 0 Å². The highest BCUT2D eigenvalue weighted by atomic mass is 16.7. The van der Waals surface area contributed by atoms with E-state index in [1.165, 1.54) is 0 Å². The molecule has 1 rings (SSSR count). The summed E-state index contributed by atoms with van der Waals surface area (Å²) in [5.41, 5.74) is 0. The van der Waals surface area contributed by atoms with E-state index >= 15 is 0 Å². The van der Waals surface area contributed by atoms with Gasteiger partial charge in [-0.15, -0.1) is 6.58 Å². The molecule has 0 amide bonds. The summed E-state index contributed by atoms with van der Waals surface area (Å²) in [5, 5.41) is 0. The number of para-hydroxylation sites is 1. The molecule has 0 aliphatic carbocycles. The van der Waals surface area contributed by atoms with Gasteiger partial charge >= 0.3 is 6.16 Å². The van der Waals surface area contributed by atoms with Gasteiger partial charge in [0, 0.05) is 0 Å². The lowest BCUT2D eigenvalue weighted by molar-refractivity contribution is 0.0613. The zero-order valence-corrected chi connectivity index (χ0v) is 11.5. The lowest BCUT2D eigenvalue weighted by Gasteiger charge is -2.12. The van der Waals surface area contributed by atoms with Crippen molar-refractivity contribution < 1.29 is 14.3 Å². The first kappa shape index (κ1) is 15.3. The van der Waals surface area contributed by atoms with Gasteiger partial charge in [-0.25, -0.2) is 4.79 Å². The van der Waals surface area contributed by atoms with Crippen LogP contribution in [0.15, 0.2) is 43.0 Å². The van der Waals surface area contributed by atoms with E-state index in [0.717, 1.165) is 32.1 Å². The summed E-state index contributed by atoms with van der Waals surface area (Å²) in [4.78, 5) is 11.5. The molecule has 0 spiro atoms. The van der Waals surface area contributed by atoms with E-state index in [-0.39, 0.29) is 6.10 Å². The smallest absolute Gasteiger partial charge is 0.431 e. The Balaban J connectivity index is 2.15. The summed E-state index contributed by atoms with van der Waals surface area (Å²) >= 11 is 0. The lowest BCUT2D eigenvalue weighted by atomic mass is 10.1. The fourth-order valence-corrected chi connectivity index (χ4v) is 1.73. The summed E-state index contributed by atoms with van der Waals surface area (Å²) in [7, 11) is 0. The van der Waals surface area contributed by atoms with Crippen LogP contribution in [-0.2, 0) is 4.74 Å². The minimum Gasteiger partial charge on any atom is -0.431 e. The fraction of sp³-hybridized carbons (Fsp3) is 0.438. The van der Waals surface area contributed by atoms with Crippen molar-refractivity contribution in [2.75, 3.05) is 0 Å². The molecule has 0 saturated carbocycles. The summed E-state index contributed by atoms with van der Waals surface area (Å²) in [6, 6.07) is 8.93. The van der Waals surface area contributed by atoms with Gasteiger partial charge in [0.1, 0.15) is 11.9 Å². The first-order chi connectivity index (χ1) is 9.22. The Morgan fingerprint density at radius 1 is 1.26 bits per heavy atom. The number of carbonyl (C=O) groups is 1. The van der Waals surface area contributed by atoms with Crippen LogP contribution >= 0.6 is 0 Å². The van der Waals surface area contributed by atoms with Crippen molar-refractivity contribution in [3.8, 4) is 5.75 Å². The molecular formula is C16H22O3. The molecule has 1 aromatic rings. The maximum absolute atomic E-state index is 11.5. The van der Waals surface area contributed by atoms with Gasteiger partial charge in [0.05, 0.1) is 0 Å². The molecule has 3 nitrogen and oxygen atoms in total. The van der Waals surface area contributed by atoms with E-state index in [1.807, 2.05) is 31.2 Å². The molecule has 19 heavy (non-hydrogen) atoms. The molecular weight excluding hydrogens is 240 g/mol. The van der Waals surface area contributed by atoms with E-state index in [1.54, 1.807) is 12.1 Å². The second-order valence-corrected chi connectivity index (χ2v) is 4.52. The zero-order valence-electron chi connectivity index (χ0n) is 11.5. The normalized spacial score (nSPS) is 11.6. The molecule has 104 valence electrons. The van der Waals surface area contributed by atoms with Crippen molar-refractivity contribution in [3.05, 3.63) is 43.0 Å². The van der Waals surface area contributed by atoms with Gasteiger partial charge in [0.2, 0.25) is 0 Å². The molecule has 0 saturated heterocycles. The largest absolute Gasteiger partial charge is 0.514 e. The van der Waals surface area contributed by atoms with Crippen LogP contribution in [-0.4, -0.2) is 12.3 Å². The number of rotatable bonds is 8. The predicted molar refractivity (Wildman–Crippen MR) is 76.3 cm³/mol. The van der Waals surface area contributed by atoms with Gasteiger partial charge in [0.15, 0.2) is 0 Å². The number of unbranched alkanes of at least 4 members (excludes halogenated alkanes) is 3. The topological polar surface area (TPSA) is 35.5 Å². The van der Waals surface area contributed by atoms with Crippen molar-refractivity contribution in [2.45, 2.75) is 45.1 Å². The molecule has 1 atom stereocenters. The van der Waals surface area contributed by atoms with Gasteiger partial charge in [-0.2, -0.15) is 0 Å². The average Bonchev–Trinajstić information content (AvgIpc) is 2.39. The number of carbonyl (C=O) groups excluding carboxylic acids is 1. The maximum atomic E-state index is 11.5. The van der Waals surface area contributed by atoms with Crippen LogP contribution in [0, 0.1) is 0 Å². The molecule has 0 N–H and O–H groups in total. The maximum Gasteiger partial charge on any atom is 0.514 e. The quantitative estimate of drug-likeness (QED) is 0.294. The Kier molecular flexibility index (Phi) is 7.40. The minimum absolute atomic E-state index is 0.111. The van der Waals surface area contributed by atoms with Gasteiger partial charge in [0.25, 0.3) is 0 Å². The van der Waals surface area contributed by atoms with Crippen molar-refractivity contribution >= 4 is 6.16 Å². The Labute approximate surface area is 115 Å². The van der Waals surface area contributed by atoms with Crippen molar-refractivity contribution in [1.29, 1.82) is 0 Å². The molecule has 0 heterocycles. The highest BCUT2D eigenvalue weighted by Gasteiger charge is 2.11. The minimum atomic E-state index is -0.634. The summed E-state index contributed by atoms with van der Waals surface area (Å²) in [6.07, 6.45) is 6.42. The highest BCUT2D eigenvalue weighted by Crippen LogP contribution is 2.12. The van der Waals surface area contributed by atoms with E-state index in [0.29, 0.717) is 5.75 Å². The Hall–Kier alpha value is -1.77. The van der Waals surface area contributed by atoms with E-state index in [4.69, 9.17) is 9.47 Å². The number of allylic oxidation sites excluding steroid dienone is 1. The second kappa shape index (κ2) is 9.20. The van der Waals surface area contributed by atoms with Crippen LogP contribution < -0.4 is 4.74 Å². The molecule has 0 fully saturated rings. The van der Waals surface area contributed by atoms with Crippen LogP contribution in [0.25, 0.3) is 0 Å². The third-order valence-electron chi connectivity index (χ3n) is 2.76. The number of benzene rings is 1. The van der Waals surface area contributed by atoms with Gasteiger partial charge in [-0.05, 0) is 44.7 Å². The second-order valence-electron chi connectivity index (χ2n) is 4.52. The molecule has 0 aromatic heterocycles. The fourth-order valence-electron chi connectivity index (χ4n) is 1.73. The number of hydrogen-bond donors (Lipinski definition) is 0. The predicted octanol–water partition coefficient (Wildman–Crippen LogP) is 4.73. The summed E-state index contributed by atoms with van der Waals surface area (Å²) < 4.78 is 10.2. The Bertz CT molecular complexity index is 373. The lowest BCUT2D eigenvalue weighted by Crippen LogP contribution is -2.18. The van der Waals surface area contributed by atoms with Crippen LogP contribution in [0.1, 0.15) is 39.0 Å². The first-order valence-corrected chi connectivity index (χ1v) is 6.76. The van der Waals surface area contributed by atoms with Crippen LogP contribution in [0.5, 0.6) is 5.75 Å². The van der Waals surface area contributed by atoms with Crippen LogP contribution in [0.3, 0.4) is 0 Å². The van der Waals surface area contributed by atoms with Gasteiger partial charge in [-0.3, -0.25) is 0 Å². The highest BCUT2D eigenvalue weighted by molar-refractivity contribution is 5.63. The SMILES string of the molecule is C=CCCCCCC(C)OC(=O)Oc1ccccc1. The summed E-state index contributed by atoms with van der Waals surface area (Å²) in [6.45, 7) is 5.58. The Morgan fingerprint density at radius 3 is 2.68 bits per heavy atom. The summed E-state index contributed by atoms with van der Waals surface area (Å²) in [5.74, 6) is 0.505. The molecule has 0 radical (unpaired) electrons. The molecule has 1 unspecified atom stereocenters. The molecule has 0 bridgehead atoms. The Morgan fingerprint density at radius 2 is 2.00 bits per heavy atom. The molecule has 0 aliphatic rings. The van der Waals surface area contributed by atoms with Crippen LogP contribution in [0.4, 0.5) is 4.79 Å². The van der Waals surface area contributed by atoms with Crippen molar-refractivity contribution in [3.63, 3.8) is 0 Å². The molecule has 1 aromatic carbocycles. The standard InChI is InChI=1S/C16H22O3/c1-3-4-5-6-8-11-14(2)18-16(17)19-15-12-9-7-10-13-15/h3,7,9-10,12-14H,1,4-6,8,11H2,2H3. The van der Waals surface area contributed by atoms with Gasteiger partial charge < -0.3 is 9.47 Å². The average molecular weight is 262 g/mol. The molecule has 3 heteroatoms. The zero-order chi connectivity index (χ0) is 13.9. The molecule has 0 aliphatic heterocycles. The van der Waals surface area contributed by atoms with Crippen LogP contribution in [0.2, 0.25) is 0 Å².